The van der Waals surface area contributed by atoms with Gasteiger partial charge < -0.3 is 5.32 Å². The zero-order chi connectivity index (χ0) is 18.1. The number of allylic oxidation sites excluding steroid dienone is 1. The number of nitro benzene ring substituents is 1. The molecule has 0 spiro atoms. The molecule has 7 heteroatoms. The van der Waals surface area contributed by atoms with E-state index in [2.05, 4.69) is 11.9 Å². The Bertz CT molecular complexity index is 944. The summed E-state index contributed by atoms with van der Waals surface area (Å²) < 4.78 is 0. The van der Waals surface area contributed by atoms with E-state index in [0.29, 0.717) is 11.1 Å². The molecule has 0 radical (unpaired) electrons. The molecule has 1 aliphatic heterocycles. The van der Waals surface area contributed by atoms with Crippen molar-refractivity contribution in [1.29, 1.82) is 0 Å². The Hall–Kier alpha value is -3.61. The van der Waals surface area contributed by atoms with Crippen molar-refractivity contribution < 1.29 is 19.3 Å². The normalized spacial score (nSPS) is 13.2. The number of carbonyl (C=O) groups excluding carboxylic acids is 3. The highest BCUT2D eigenvalue weighted by molar-refractivity contribution is 6.20. The molecule has 1 amide bonds. The van der Waals surface area contributed by atoms with Gasteiger partial charge in [0.25, 0.3) is 11.6 Å². The van der Waals surface area contributed by atoms with Crippen LogP contribution in [0.15, 0.2) is 54.7 Å². The number of benzene rings is 2. The van der Waals surface area contributed by atoms with Crippen LogP contribution in [0.5, 0.6) is 0 Å². The van der Waals surface area contributed by atoms with Crippen molar-refractivity contribution in [3.05, 3.63) is 87.1 Å². The molecule has 0 unspecified atom stereocenters. The lowest BCUT2D eigenvalue weighted by atomic mass is 9.93. The second kappa shape index (κ2) is 6.12. The van der Waals surface area contributed by atoms with Gasteiger partial charge in [-0.15, -0.1) is 0 Å². The van der Waals surface area contributed by atoms with E-state index in [4.69, 9.17) is 0 Å². The van der Waals surface area contributed by atoms with E-state index in [1.54, 1.807) is 6.07 Å². The number of non-ortho nitro benzene ring substituents is 1. The van der Waals surface area contributed by atoms with Gasteiger partial charge >= 0.3 is 0 Å². The standard InChI is InChI=1S/C18H12N2O5/c1-10-17(22)15-8-11(2-7-14(15)18(23)19-10)9-16(21)12-3-5-13(6-4-12)20(24)25/h2-8H,1,9H2,(H,19,23). The molecule has 0 atom stereocenters. The molecule has 0 saturated heterocycles. The van der Waals surface area contributed by atoms with E-state index in [-0.39, 0.29) is 40.5 Å². The summed E-state index contributed by atoms with van der Waals surface area (Å²) in [5.74, 6) is -1.05. The summed E-state index contributed by atoms with van der Waals surface area (Å²) in [6, 6.07) is 9.90. The number of hydrogen-bond acceptors (Lipinski definition) is 5. The van der Waals surface area contributed by atoms with Crippen LogP contribution in [-0.4, -0.2) is 22.4 Å². The Kier molecular flexibility index (Phi) is 3.98. The summed E-state index contributed by atoms with van der Waals surface area (Å²) in [7, 11) is 0. The van der Waals surface area contributed by atoms with Gasteiger partial charge in [-0.2, -0.15) is 0 Å². The van der Waals surface area contributed by atoms with E-state index in [1.165, 1.54) is 36.4 Å². The first-order chi connectivity index (χ1) is 11.9. The zero-order valence-corrected chi connectivity index (χ0v) is 12.9. The molecule has 0 bridgehead atoms. The van der Waals surface area contributed by atoms with Gasteiger partial charge in [-0.05, 0) is 29.8 Å². The largest absolute Gasteiger partial charge is 0.319 e. The number of nitrogens with one attached hydrogen (secondary N) is 1. The fourth-order valence-electron chi connectivity index (χ4n) is 2.57. The minimum absolute atomic E-state index is 0.00338. The number of amides is 1. The first-order valence-corrected chi connectivity index (χ1v) is 7.32. The maximum Gasteiger partial charge on any atom is 0.269 e. The highest BCUT2D eigenvalue weighted by Crippen LogP contribution is 2.21. The predicted molar refractivity (Wildman–Crippen MR) is 88.5 cm³/mol. The molecule has 1 aliphatic rings. The van der Waals surface area contributed by atoms with Crippen molar-refractivity contribution in [2.75, 3.05) is 0 Å². The van der Waals surface area contributed by atoms with Crippen LogP contribution >= 0.6 is 0 Å². The quantitative estimate of drug-likeness (QED) is 0.399. The van der Waals surface area contributed by atoms with Crippen LogP contribution in [0, 0.1) is 10.1 Å². The Labute approximate surface area is 142 Å². The molecule has 0 fully saturated rings. The van der Waals surface area contributed by atoms with E-state index in [9.17, 15) is 24.5 Å². The molecule has 0 saturated carbocycles. The summed E-state index contributed by atoms with van der Waals surface area (Å²) in [5, 5.41) is 13.0. The van der Waals surface area contributed by atoms with Gasteiger partial charge in [0.05, 0.1) is 16.2 Å². The average Bonchev–Trinajstić information content (AvgIpc) is 2.59. The minimum atomic E-state index is -0.540. The van der Waals surface area contributed by atoms with E-state index in [1.807, 2.05) is 0 Å². The van der Waals surface area contributed by atoms with Gasteiger partial charge in [-0.1, -0.05) is 12.6 Å². The SMILES string of the molecule is C=C1NC(=O)c2ccc(CC(=O)c3ccc([N+](=O)[O-])cc3)cc2C1=O. The third kappa shape index (κ3) is 3.07. The highest BCUT2D eigenvalue weighted by atomic mass is 16.6. The van der Waals surface area contributed by atoms with Crippen LogP contribution in [0.1, 0.15) is 36.6 Å². The third-order valence-electron chi connectivity index (χ3n) is 3.88. The second-order valence-electron chi connectivity index (χ2n) is 5.55. The van der Waals surface area contributed by atoms with Crippen molar-refractivity contribution in [3.63, 3.8) is 0 Å². The number of nitrogens with zero attached hydrogens (tertiary/aromatic N) is 1. The zero-order valence-electron chi connectivity index (χ0n) is 12.9. The first-order valence-electron chi connectivity index (χ1n) is 7.32. The number of carbonyl (C=O) groups is 3. The van der Waals surface area contributed by atoms with Gasteiger partial charge in [0, 0.05) is 29.7 Å². The van der Waals surface area contributed by atoms with Crippen molar-refractivity contribution in [2.45, 2.75) is 6.42 Å². The molecule has 3 rings (SSSR count). The van der Waals surface area contributed by atoms with Crippen molar-refractivity contribution in [3.8, 4) is 0 Å². The molecular weight excluding hydrogens is 324 g/mol. The van der Waals surface area contributed by atoms with Gasteiger partial charge in [0.15, 0.2) is 5.78 Å². The fraction of sp³-hybridized carbons (Fsp3) is 0.0556. The number of rotatable bonds is 4. The van der Waals surface area contributed by atoms with E-state index in [0.717, 1.165) is 0 Å². The smallest absolute Gasteiger partial charge is 0.269 e. The van der Waals surface area contributed by atoms with Gasteiger partial charge in [0.2, 0.25) is 5.78 Å². The Balaban J connectivity index is 1.85. The molecule has 1 N–H and O–H groups in total. The van der Waals surface area contributed by atoms with E-state index >= 15 is 0 Å². The number of hydrogen-bond donors (Lipinski definition) is 1. The van der Waals surface area contributed by atoms with E-state index < -0.39 is 10.8 Å². The van der Waals surface area contributed by atoms with Gasteiger partial charge in [-0.3, -0.25) is 24.5 Å². The number of fused-ring (bicyclic) bond motifs is 1. The Morgan fingerprint density at radius 3 is 2.40 bits per heavy atom. The molecule has 1 heterocycles. The van der Waals surface area contributed by atoms with Crippen molar-refractivity contribution >= 4 is 23.2 Å². The predicted octanol–water partition coefficient (Wildman–Crippen LogP) is 2.46. The number of Topliss-reactive ketones (excluding diaryl/α,β-unsaturated/α-hetero) is 2. The lowest BCUT2D eigenvalue weighted by Crippen LogP contribution is -2.34. The van der Waals surface area contributed by atoms with Crippen LogP contribution in [-0.2, 0) is 6.42 Å². The third-order valence-corrected chi connectivity index (χ3v) is 3.88. The molecule has 0 aliphatic carbocycles. The molecule has 0 aromatic heterocycles. The van der Waals surface area contributed by atoms with Gasteiger partial charge in [0.1, 0.15) is 0 Å². The molecule has 2 aromatic carbocycles. The van der Waals surface area contributed by atoms with Crippen molar-refractivity contribution in [2.24, 2.45) is 0 Å². The molecule has 2 aromatic rings. The summed E-state index contributed by atoms with van der Waals surface area (Å²) in [5.41, 5.74) is 1.25. The lowest BCUT2D eigenvalue weighted by Gasteiger charge is -2.17. The molecule has 124 valence electrons. The summed E-state index contributed by atoms with van der Waals surface area (Å²) in [6.45, 7) is 3.50. The van der Waals surface area contributed by atoms with Crippen LogP contribution < -0.4 is 5.32 Å². The number of ketones is 2. The average molecular weight is 336 g/mol. The van der Waals surface area contributed by atoms with Crippen LogP contribution in [0.25, 0.3) is 0 Å². The van der Waals surface area contributed by atoms with Crippen LogP contribution in [0.2, 0.25) is 0 Å². The maximum atomic E-state index is 12.3. The maximum absolute atomic E-state index is 12.3. The molecule has 25 heavy (non-hydrogen) atoms. The molecular formula is C18H12N2O5. The molecule has 7 nitrogen and oxygen atoms in total. The fourth-order valence-corrected chi connectivity index (χ4v) is 2.57. The second-order valence-corrected chi connectivity index (χ2v) is 5.55. The first kappa shape index (κ1) is 16.3. The van der Waals surface area contributed by atoms with Crippen molar-refractivity contribution in [1.82, 2.24) is 5.32 Å². The Morgan fingerprint density at radius 2 is 1.76 bits per heavy atom. The van der Waals surface area contributed by atoms with Gasteiger partial charge in [-0.25, -0.2) is 0 Å². The lowest BCUT2D eigenvalue weighted by molar-refractivity contribution is -0.384. The minimum Gasteiger partial charge on any atom is -0.319 e. The monoisotopic (exact) mass is 336 g/mol. The Morgan fingerprint density at radius 1 is 1.08 bits per heavy atom. The summed E-state index contributed by atoms with van der Waals surface area (Å²) in [6.07, 6.45) is 0.00641. The van der Waals surface area contributed by atoms with Crippen LogP contribution in [0.3, 0.4) is 0 Å². The van der Waals surface area contributed by atoms with Crippen LogP contribution in [0.4, 0.5) is 5.69 Å². The highest BCUT2D eigenvalue weighted by Gasteiger charge is 2.26. The summed E-state index contributed by atoms with van der Waals surface area (Å²) in [4.78, 5) is 46.4. The number of nitro groups is 1. The topological polar surface area (TPSA) is 106 Å². The summed E-state index contributed by atoms with van der Waals surface area (Å²) >= 11 is 0.